The number of nitrogens with zero attached hydrogens (tertiary/aromatic N) is 3. The zero-order valence-corrected chi connectivity index (χ0v) is 16.0. The van der Waals surface area contributed by atoms with Gasteiger partial charge in [0.1, 0.15) is 0 Å². The molecule has 0 N–H and O–H groups in total. The fourth-order valence-corrected chi connectivity index (χ4v) is 2.97. The maximum atomic E-state index is 12.5. The maximum Gasteiger partial charge on any atom is 0.275 e. The van der Waals surface area contributed by atoms with Gasteiger partial charge in [-0.2, -0.15) is 5.10 Å². The highest BCUT2D eigenvalue weighted by atomic mass is 16.2. The molecule has 0 spiro atoms. The Bertz CT molecular complexity index is 691. The van der Waals surface area contributed by atoms with Crippen molar-refractivity contribution in [3.05, 3.63) is 34.9 Å². The van der Waals surface area contributed by atoms with Gasteiger partial charge in [-0.1, -0.05) is 26.8 Å². The minimum Gasteiger partial charge on any atom is -0.372 e. The molecule has 0 saturated heterocycles. The molecule has 0 aromatic heterocycles. The molecule has 1 heterocycles. The first-order valence-corrected chi connectivity index (χ1v) is 8.63. The smallest absolute Gasteiger partial charge is 0.275 e. The summed E-state index contributed by atoms with van der Waals surface area (Å²) in [5, 5.41) is 5.88. The third-order valence-corrected chi connectivity index (χ3v) is 4.42. The highest BCUT2D eigenvalue weighted by Crippen LogP contribution is 2.30. The Morgan fingerprint density at radius 2 is 1.83 bits per heavy atom. The predicted octanol–water partition coefficient (Wildman–Crippen LogP) is 4.10. The standard InChI is InChI=1S/C20H29N3O/c1-8-23(9-2)16-11-10-15(14(3)12-16)13-17-18(20(4,5)6)21-22(7)19(17)24/h10-13H,8-9H2,1-7H3. The molecular formula is C20H29N3O. The second-order valence-electron chi connectivity index (χ2n) is 7.30. The lowest BCUT2D eigenvalue weighted by Crippen LogP contribution is -2.23. The zero-order chi connectivity index (χ0) is 18.1. The summed E-state index contributed by atoms with van der Waals surface area (Å²) in [7, 11) is 1.71. The second kappa shape index (κ2) is 6.80. The third-order valence-electron chi connectivity index (χ3n) is 4.42. The van der Waals surface area contributed by atoms with Crippen LogP contribution in [0.5, 0.6) is 0 Å². The summed E-state index contributed by atoms with van der Waals surface area (Å²) in [4.78, 5) is 14.8. The molecule has 1 aromatic carbocycles. The number of likely N-dealkylation sites (N-methyl/N-ethyl adjacent to an activating group) is 1. The lowest BCUT2D eigenvalue weighted by atomic mass is 9.85. The van der Waals surface area contributed by atoms with E-state index in [1.807, 2.05) is 6.08 Å². The molecule has 0 fully saturated rings. The lowest BCUT2D eigenvalue weighted by Gasteiger charge is -2.22. The molecular weight excluding hydrogens is 298 g/mol. The highest BCUT2D eigenvalue weighted by molar-refractivity contribution is 6.28. The number of rotatable bonds is 4. The number of amides is 1. The first-order valence-electron chi connectivity index (χ1n) is 8.63. The van der Waals surface area contributed by atoms with Gasteiger partial charge in [-0.3, -0.25) is 4.79 Å². The van der Waals surface area contributed by atoms with E-state index in [-0.39, 0.29) is 11.3 Å². The van der Waals surface area contributed by atoms with Gasteiger partial charge in [-0.25, -0.2) is 5.01 Å². The van der Waals surface area contributed by atoms with Crippen LogP contribution in [0.2, 0.25) is 0 Å². The Labute approximate surface area is 145 Å². The summed E-state index contributed by atoms with van der Waals surface area (Å²) >= 11 is 0. The van der Waals surface area contributed by atoms with Crippen molar-refractivity contribution in [3.8, 4) is 0 Å². The van der Waals surface area contributed by atoms with Crippen LogP contribution in [0.4, 0.5) is 5.69 Å². The lowest BCUT2D eigenvalue weighted by molar-refractivity contribution is -0.124. The van der Waals surface area contributed by atoms with E-state index in [2.05, 4.69) is 69.7 Å². The van der Waals surface area contributed by atoms with E-state index >= 15 is 0 Å². The summed E-state index contributed by atoms with van der Waals surface area (Å²) < 4.78 is 0. The van der Waals surface area contributed by atoms with E-state index in [9.17, 15) is 4.79 Å². The highest BCUT2D eigenvalue weighted by Gasteiger charge is 2.34. The Morgan fingerprint density at radius 1 is 1.21 bits per heavy atom. The number of benzene rings is 1. The van der Waals surface area contributed by atoms with Crippen LogP contribution in [0, 0.1) is 12.3 Å². The van der Waals surface area contributed by atoms with Gasteiger partial charge >= 0.3 is 0 Å². The summed E-state index contributed by atoms with van der Waals surface area (Å²) in [6.07, 6.45) is 1.98. The number of hydrogen-bond acceptors (Lipinski definition) is 3. The van der Waals surface area contributed by atoms with Crippen LogP contribution < -0.4 is 4.90 Å². The second-order valence-corrected chi connectivity index (χ2v) is 7.30. The fourth-order valence-electron chi connectivity index (χ4n) is 2.97. The number of anilines is 1. The van der Waals surface area contributed by atoms with Gasteiger partial charge in [0.15, 0.2) is 0 Å². The van der Waals surface area contributed by atoms with Gasteiger partial charge < -0.3 is 4.90 Å². The molecule has 1 aliphatic rings. The van der Waals surface area contributed by atoms with E-state index in [1.54, 1.807) is 7.05 Å². The van der Waals surface area contributed by atoms with Gasteiger partial charge in [0.25, 0.3) is 5.91 Å². The van der Waals surface area contributed by atoms with Crippen LogP contribution in [0.15, 0.2) is 28.9 Å². The molecule has 4 nitrogen and oxygen atoms in total. The van der Waals surface area contributed by atoms with Crippen molar-refractivity contribution in [3.63, 3.8) is 0 Å². The molecule has 0 bridgehead atoms. The molecule has 1 amide bonds. The van der Waals surface area contributed by atoms with Crippen molar-refractivity contribution in [1.82, 2.24) is 5.01 Å². The van der Waals surface area contributed by atoms with Gasteiger partial charge in [0.2, 0.25) is 0 Å². The molecule has 0 unspecified atom stereocenters. The van der Waals surface area contributed by atoms with Crippen molar-refractivity contribution in [2.24, 2.45) is 10.5 Å². The molecule has 2 rings (SSSR count). The number of carbonyl (C=O) groups excluding carboxylic acids is 1. The van der Waals surface area contributed by atoms with Gasteiger partial charge in [-0.15, -0.1) is 0 Å². The zero-order valence-electron chi connectivity index (χ0n) is 16.0. The van der Waals surface area contributed by atoms with Crippen LogP contribution in [-0.2, 0) is 4.79 Å². The predicted molar refractivity (Wildman–Crippen MR) is 102 cm³/mol. The third kappa shape index (κ3) is 3.53. The Hall–Kier alpha value is -2.10. The van der Waals surface area contributed by atoms with E-state index < -0.39 is 0 Å². The molecule has 24 heavy (non-hydrogen) atoms. The summed E-state index contributed by atoms with van der Waals surface area (Å²) in [6.45, 7) is 14.6. The van der Waals surface area contributed by atoms with E-state index in [4.69, 9.17) is 0 Å². The van der Waals surface area contributed by atoms with E-state index in [0.717, 1.165) is 24.4 Å². The SMILES string of the molecule is CCN(CC)c1ccc(C=C2C(=O)N(C)N=C2C(C)(C)C)c(C)c1. The summed E-state index contributed by atoms with van der Waals surface area (Å²) in [5.74, 6) is -0.0351. The largest absolute Gasteiger partial charge is 0.372 e. The molecule has 0 atom stereocenters. The van der Waals surface area contributed by atoms with Gasteiger partial charge in [0, 0.05) is 31.2 Å². The average Bonchev–Trinajstić information content (AvgIpc) is 2.79. The molecule has 130 valence electrons. The molecule has 0 radical (unpaired) electrons. The van der Waals surface area contributed by atoms with Crippen molar-refractivity contribution in [2.75, 3.05) is 25.0 Å². The van der Waals surface area contributed by atoms with Crippen LogP contribution in [-0.4, -0.2) is 36.8 Å². The number of carbonyl (C=O) groups is 1. The van der Waals surface area contributed by atoms with Gasteiger partial charge in [-0.05, 0) is 50.1 Å². The van der Waals surface area contributed by atoms with E-state index in [1.165, 1.54) is 16.3 Å². The van der Waals surface area contributed by atoms with Crippen molar-refractivity contribution < 1.29 is 4.79 Å². The Kier molecular flexibility index (Phi) is 5.16. The molecule has 0 saturated carbocycles. The minimum absolute atomic E-state index is 0.0351. The van der Waals surface area contributed by atoms with Crippen molar-refractivity contribution >= 4 is 23.4 Å². The molecule has 4 heteroatoms. The monoisotopic (exact) mass is 327 g/mol. The van der Waals surface area contributed by atoms with Crippen molar-refractivity contribution in [1.29, 1.82) is 0 Å². The number of hydrogen-bond donors (Lipinski definition) is 0. The van der Waals surface area contributed by atoms with Crippen LogP contribution in [0.1, 0.15) is 45.7 Å². The first kappa shape index (κ1) is 18.2. The molecule has 1 aromatic rings. The number of aryl methyl sites for hydroxylation is 1. The fraction of sp³-hybridized carbons (Fsp3) is 0.500. The number of hydrazone groups is 1. The van der Waals surface area contributed by atoms with Crippen LogP contribution in [0.3, 0.4) is 0 Å². The summed E-state index contributed by atoms with van der Waals surface area (Å²) in [6, 6.07) is 6.42. The topological polar surface area (TPSA) is 35.9 Å². The Balaban J connectivity index is 2.44. The first-order chi connectivity index (χ1) is 11.2. The van der Waals surface area contributed by atoms with Gasteiger partial charge in [0.05, 0.1) is 11.3 Å². The van der Waals surface area contributed by atoms with Crippen LogP contribution >= 0.6 is 0 Å². The normalized spacial score (nSPS) is 16.8. The summed E-state index contributed by atoms with van der Waals surface area (Å²) in [5.41, 5.74) is 4.84. The minimum atomic E-state index is -0.165. The van der Waals surface area contributed by atoms with E-state index in [0.29, 0.717) is 5.57 Å². The van der Waals surface area contributed by atoms with Crippen molar-refractivity contribution in [2.45, 2.75) is 41.5 Å². The van der Waals surface area contributed by atoms with Crippen LogP contribution in [0.25, 0.3) is 6.08 Å². The molecule has 1 aliphatic heterocycles. The molecule has 0 aliphatic carbocycles. The quantitative estimate of drug-likeness (QED) is 0.781. The Morgan fingerprint density at radius 3 is 2.33 bits per heavy atom. The average molecular weight is 327 g/mol. The maximum absolute atomic E-state index is 12.5.